The van der Waals surface area contributed by atoms with Gasteiger partial charge < -0.3 is 88.7 Å². The number of nitrogens with two attached hydrogens (primary N) is 5. The lowest BCUT2D eigenvalue weighted by atomic mass is 9.81. The Kier molecular flexibility index (Phi) is 12.0. The van der Waals surface area contributed by atoms with Crippen molar-refractivity contribution in [2.75, 3.05) is 13.7 Å². The van der Waals surface area contributed by atoms with Gasteiger partial charge in [-0.2, -0.15) is 5.10 Å². The van der Waals surface area contributed by atoms with Crippen LogP contribution in [0.15, 0.2) is 15.1 Å². The van der Waals surface area contributed by atoms with E-state index in [1.807, 2.05) is 0 Å². The number of likely N-dealkylation sites (N-methyl/N-ethyl adjacent to an activating group) is 1. The number of aliphatic imine (C=N–C) groups is 2. The van der Waals surface area contributed by atoms with Crippen LogP contribution in [0, 0.1) is 0 Å². The van der Waals surface area contributed by atoms with E-state index in [0.29, 0.717) is 0 Å². The Labute approximate surface area is 256 Å². The summed E-state index contributed by atoms with van der Waals surface area (Å²) in [6, 6.07) is -4.07. The van der Waals surface area contributed by atoms with Crippen molar-refractivity contribution in [2.45, 2.75) is 98.2 Å². The standard InChI is InChI=1S/C22H42N10O11S/c1-5-22(39,4-29-32-21(27)44)16(43-17-9(28-2)13(37)10(34)6(3-33)41-17)18(40-5)42-15-8(31-20(25)26)11(35)7(30-19(23)24)12(36)14(15)38/h4-18,28,33-39H,3H2,1-2H3,(H4,23,24,30)(H4,25,26,31)(H3,27,32,44)/b29-4+/t5-,6+,7-,8-,9-,10+,11-,12+,13+,14-,15-,16-,17-,18+,22-/m0/s1. The Morgan fingerprint density at radius 3 is 2.05 bits per heavy atom. The Bertz CT molecular complexity index is 1090. The summed E-state index contributed by atoms with van der Waals surface area (Å²) in [7, 11) is 1.44. The van der Waals surface area contributed by atoms with Gasteiger partial charge in [0.05, 0.1) is 25.0 Å². The summed E-state index contributed by atoms with van der Waals surface area (Å²) in [4.78, 5) is 7.71. The van der Waals surface area contributed by atoms with Crippen LogP contribution in [0.25, 0.3) is 0 Å². The smallest absolute Gasteiger partial charge is 0.188 e. The second kappa shape index (κ2) is 14.7. The third-order valence-electron chi connectivity index (χ3n) is 7.59. The van der Waals surface area contributed by atoms with Crippen molar-refractivity contribution in [3.05, 3.63) is 0 Å². The van der Waals surface area contributed by atoms with E-state index < -0.39 is 110 Å². The lowest BCUT2D eigenvalue weighted by Crippen LogP contribution is -2.66. The summed E-state index contributed by atoms with van der Waals surface area (Å²) in [5.41, 5.74) is 27.5. The summed E-state index contributed by atoms with van der Waals surface area (Å²) in [6.45, 7) is 0.721. The molecular formula is C22H42N10O11S. The molecule has 3 rings (SSSR count). The van der Waals surface area contributed by atoms with E-state index in [0.717, 1.165) is 6.21 Å². The second-order valence-electron chi connectivity index (χ2n) is 10.5. The number of nitrogens with one attached hydrogen (secondary N) is 2. The molecule has 2 heterocycles. The van der Waals surface area contributed by atoms with Gasteiger partial charge in [-0.25, -0.2) is 9.98 Å². The van der Waals surface area contributed by atoms with Gasteiger partial charge in [-0.05, 0) is 26.2 Å². The molecule has 44 heavy (non-hydrogen) atoms. The monoisotopic (exact) mass is 654 g/mol. The maximum absolute atomic E-state index is 11.8. The third-order valence-corrected chi connectivity index (χ3v) is 7.69. The van der Waals surface area contributed by atoms with Crippen LogP contribution < -0.4 is 39.4 Å². The van der Waals surface area contributed by atoms with Crippen LogP contribution in [0.2, 0.25) is 0 Å². The molecule has 0 aromatic carbocycles. The average molecular weight is 655 g/mol. The summed E-state index contributed by atoms with van der Waals surface area (Å²) in [5.74, 6) is -1.02. The molecule has 252 valence electrons. The molecule has 0 bridgehead atoms. The van der Waals surface area contributed by atoms with E-state index in [1.165, 1.54) is 14.0 Å². The quantitative estimate of drug-likeness (QED) is 0.0450. The molecule has 2 saturated heterocycles. The van der Waals surface area contributed by atoms with Gasteiger partial charge in [0.2, 0.25) is 0 Å². The van der Waals surface area contributed by atoms with E-state index >= 15 is 0 Å². The zero-order valence-corrected chi connectivity index (χ0v) is 24.6. The minimum absolute atomic E-state index is 0.237. The number of aliphatic hydroxyl groups is 7. The van der Waals surface area contributed by atoms with E-state index in [9.17, 15) is 35.7 Å². The molecule has 2 aliphatic heterocycles. The molecule has 0 amide bonds. The Morgan fingerprint density at radius 2 is 1.50 bits per heavy atom. The van der Waals surface area contributed by atoms with Crippen molar-refractivity contribution in [3.63, 3.8) is 0 Å². The van der Waals surface area contributed by atoms with E-state index in [2.05, 4.69) is 25.8 Å². The molecule has 3 fully saturated rings. The molecule has 0 aromatic rings. The van der Waals surface area contributed by atoms with Crippen molar-refractivity contribution in [2.24, 2.45) is 43.8 Å². The van der Waals surface area contributed by atoms with E-state index in [4.69, 9.17) is 59.8 Å². The van der Waals surface area contributed by atoms with Crippen molar-refractivity contribution in [3.8, 4) is 0 Å². The van der Waals surface area contributed by atoms with Crippen LogP contribution in [0.1, 0.15) is 6.92 Å². The first kappa shape index (κ1) is 35.9. The lowest BCUT2D eigenvalue weighted by molar-refractivity contribution is -0.313. The van der Waals surface area contributed by atoms with Crippen LogP contribution in [0.4, 0.5) is 0 Å². The Hall–Kier alpha value is -2.58. The summed E-state index contributed by atoms with van der Waals surface area (Å²) < 4.78 is 23.6. The molecule has 21 nitrogen and oxygen atoms in total. The first-order valence-corrected chi connectivity index (χ1v) is 13.8. The van der Waals surface area contributed by atoms with Gasteiger partial charge in [0.25, 0.3) is 0 Å². The maximum Gasteiger partial charge on any atom is 0.188 e. The van der Waals surface area contributed by atoms with Crippen LogP contribution in [0.3, 0.4) is 0 Å². The van der Waals surface area contributed by atoms with Crippen LogP contribution in [0.5, 0.6) is 0 Å². The minimum Gasteiger partial charge on any atom is -0.394 e. The maximum atomic E-state index is 11.8. The number of hydrogen-bond acceptors (Lipinski definition) is 16. The predicted octanol–water partition coefficient (Wildman–Crippen LogP) is -8.54. The molecule has 1 aliphatic carbocycles. The Balaban J connectivity index is 2.04. The molecule has 1 saturated carbocycles. The average Bonchev–Trinajstić information content (AvgIpc) is 3.17. The first-order valence-electron chi connectivity index (χ1n) is 13.4. The topological polar surface area (TPSA) is 370 Å². The molecule has 3 aliphatic rings. The van der Waals surface area contributed by atoms with Crippen LogP contribution >= 0.6 is 12.2 Å². The fourth-order valence-corrected chi connectivity index (χ4v) is 5.35. The number of guanidine groups is 2. The molecule has 0 unspecified atom stereocenters. The molecule has 0 aromatic heterocycles. The van der Waals surface area contributed by atoms with Crippen molar-refractivity contribution in [1.29, 1.82) is 0 Å². The highest BCUT2D eigenvalue weighted by atomic mass is 32.1. The Morgan fingerprint density at radius 1 is 0.886 bits per heavy atom. The van der Waals surface area contributed by atoms with Gasteiger partial charge in [0.1, 0.15) is 60.9 Å². The van der Waals surface area contributed by atoms with Crippen molar-refractivity contribution >= 4 is 35.5 Å². The highest BCUT2D eigenvalue weighted by Gasteiger charge is 2.60. The summed E-state index contributed by atoms with van der Waals surface area (Å²) >= 11 is 4.74. The summed E-state index contributed by atoms with van der Waals surface area (Å²) in [6.07, 6.45) is -16.2. The van der Waals surface area contributed by atoms with Crippen LogP contribution in [-0.4, -0.2) is 164 Å². The van der Waals surface area contributed by atoms with Gasteiger partial charge in [-0.1, -0.05) is 0 Å². The number of thiocarbonyl (C=S) groups is 1. The number of ether oxygens (including phenoxy) is 4. The molecule has 0 radical (unpaired) electrons. The zero-order valence-electron chi connectivity index (χ0n) is 23.8. The SMILES string of the molecule is CN[C@@H]1[C@H](O[C@H]2[C@@H](O[C@@H]3[C@@H](O)[C@H](O)[C@@H](N=C(N)N)[C@H](O)[C@@H]3N=C(N)N)O[C@@H](C)[C@@]2(O)/C=N/NC(N)=S)O[C@H](CO)[C@@H](O)[C@@H]1O. The van der Waals surface area contributed by atoms with Crippen molar-refractivity contribution < 1.29 is 54.7 Å². The molecule has 15 atom stereocenters. The minimum atomic E-state index is -2.18. The van der Waals surface area contributed by atoms with Gasteiger partial charge in [-0.15, -0.1) is 0 Å². The van der Waals surface area contributed by atoms with Gasteiger partial charge in [0.15, 0.2) is 35.2 Å². The van der Waals surface area contributed by atoms with Gasteiger partial charge in [-0.3, -0.25) is 5.43 Å². The number of nitrogens with zero attached hydrogens (tertiary/aromatic N) is 3. The molecular weight excluding hydrogens is 612 g/mol. The predicted molar refractivity (Wildman–Crippen MR) is 155 cm³/mol. The number of aliphatic hydroxyl groups excluding tert-OH is 6. The number of hydrogen-bond donors (Lipinski definition) is 14. The number of rotatable bonds is 10. The highest BCUT2D eigenvalue weighted by molar-refractivity contribution is 7.80. The van der Waals surface area contributed by atoms with Gasteiger partial charge in [0, 0.05) is 0 Å². The van der Waals surface area contributed by atoms with E-state index in [1.54, 1.807) is 0 Å². The largest absolute Gasteiger partial charge is 0.394 e. The number of hydrazone groups is 1. The van der Waals surface area contributed by atoms with E-state index in [-0.39, 0.29) is 5.11 Å². The fourth-order valence-electron chi connectivity index (χ4n) is 5.29. The van der Waals surface area contributed by atoms with Crippen LogP contribution in [-0.2, 0) is 18.9 Å². The highest BCUT2D eigenvalue weighted by Crippen LogP contribution is 2.38. The molecule has 19 N–H and O–H groups in total. The molecule has 0 spiro atoms. The fraction of sp³-hybridized carbons (Fsp3) is 0.818. The summed E-state index contributed by atoms with van der Waals surface area (Å²) in [5, 5.41) is 81.7. The lowest BCUT2D eigenvalue weighted by Gasteiger charge is -2.45. The third kappa shape index (κ3) is 7.44. The zero-order chi connectivity index (χ0) is 33.1. The van der Waals surface area contributed by atoms with Crippen molar-refractivity contribution in [1.82, 2.24) is 10.7 Å². The normalized spacial score (nSPS) is 44.3. The second-order valence-corrected chi connectivity index (χ2v) is 10.9. The molecule has 22 heteroatoms. The first-order chi connectivity index (χ1) is 20.6. The van der Waals surface area contributed by atoms with Gasteiger partial charge >= 0.3 is 0 Å².